The van der Waals surface area contributed by atoms with Crippen molar-refractivity contribution in [1.82, 2.24) is 4.90 Å². The van der Waals surface area contributed by atoms with Gasteiger partial charge in [-0.1, -0.05) is 12.8 Å². The Labute approximate surface area is 103 Å². The summed E-state index contributed by atoms with van der Waals surface area (Å²) in [5, 5.41) is 29.9. The highest BCUT2D eigenvalue weighted by Gasteiger charge is 2.52. The average Bonchev–Trinajstić information content (AvgIpc) is 2.35. The van der Waals surface area contributed by atoms with Crippen LogP contribution in [0.15, 0.2) is 0 Å². The van der Waals surface area contributed by atoms with Crippen molar-refractivity contribution in [2.75, 3.05) is 13.7 Å². The Hall–Kier alpha value is -0.160. The molecule has 2 aliphatic rings. The Morgan fingerprint density at radius 1 is 1.35 bits per heavy atom. The van der Waals surface area contributed by atoms with E-state index in [4.69, 9.17) is 0 Å². The SMILES string of the molecule is CC1CC(O)(C(O)CO)C2CCCCC2N1C. The predicted octanol–water partition coefficient (Wildman–Crippen LogP) is 0.353. The van der Waals surface area contributed by atoms with Crippen LogP contribution in [0, 0.1) is 5.92 Å². The van der Waals surface area contributed by atoms with E-state index in [1.54, 1.807) is 0 Å². The summed E-state index contributed by atoms with van der Waals surface area (Å²) in [5.41, 5.74) is -1.11. The first-order valence-electron chi connectivity index (χ1n) is 6.74. The van der Waals surface area contributed by atoms with E-state index in [2.05, 4.69) is 18.9 Å². The van der Waals surface area contributed by atoms with Gasteiger partial charge in [0, 0.05) is 18.0 Å². The second-order valence-electron chi connectivity index (χ2n) is 5.87. The maximum absolute atomic E-state index is 10.8. The van der Waals surface area contributed by atoms with Crippen molar-refractivity contribution in [2.24, 2.45) is 5.92 Å². The Morgan fingerprint density at radius 2 is 2.00 bits per heavy atom. The first-order valence-corrected chi connectivity index (χ1v) is 6.74. The molecule has 0 aromatic rings. The molecule has 0 aromatic carbocycles. The number of hydrogen-bond donors (Lipinski definition) is 3. The lowest BCUT2D eigenvalue weighted by molar-refractivity contribution is -0.189. The van der Waals surface area contributed by atoms with Crippen molar-refractivity contribution in [2.45, 2.75) is 62.8 Å². The Morgan fingerprint density at radius 3 is 2.65 bits per heavy atom. The van der Waals surface area contributed by atoms with Gasteiger partial charge in [0.05, 0.1) is 12.2 Å². The van der Waals surface area contributed by atoms with Gasteiger partial charge in [-0.15, -0.1) is 0 Å². The molecule has 4 nitrogen and oxygen atoms in total. The van der Waals surface area contributed by atoms with Crippen LogP contribution in [0.2, 0.25) is 0 Å². The molecule has 1 saturated heterocycles. The van der Waals surface area contributed by atoms with Crippen LogP contribution in [0.3, 0.4) is 0 Å². The topological polar surface area (TPSA) is 63.9 Å². The van der Waals surface area contributed by atoms with Crippen LogP contribution < -0.4 is 0 Å². The van der Waals surface area contributed by atoms with Gasteiger partial charge in [-0.2, -0.15) is 0 Å². The van der Waals surface area contributed by atoms with Crippen molar-refractivity contribution < 1.29 is 15.3 Å². The number of rotatable bonds is 2. The summed E-state index contributed by atoms with van der Waals surface area (Å²) >= 11 is 0. The van der Waals surface area contributed by atoms with E-state index in [-0.39, 0.29) is 18.6 Å². The van der Waals surface area contributed by atoms with Crippen LogP contribution in [-0.2, 0) is 0 Å². The summed E-state index contributed by atoms with van der Waals surface area (Å²) in [4.78, 5) is 2.34. The minimum Gasteiger partial charge on any atom is -0.394 e. The summed E-state index contributed by atoms with van der Waals surface area (Å²) in [5.74, 6) is 0.0969. The lowest BCUT2D eigenvalue weighted by Gasteiger charge is -2.55. The molecule has 1 aliphatic carbocycles. The zero-order chi connectivity index (χ0) is 12.6. The highest BCUT2D eigenvalue weighted by Crippen LogP contribution is 2.44. The molecular formula is C13H25NO3. The molecule has 17 heavy (non-hydrogen) atoms. The molecule has 1 heterocycles. The first kappa shape index (κ1) is 13.3. The Balaban J connectivity index is 2.26. The molecule has 3 N–H and O–H groups in total. The molecule has 0 bridgehead atoms. The fourth-order valence-electron chi connectivity index (χ4n) is 3.82. The van der Waals surface area contributed by atoms with Crippen molar-refractivity contribution in [3.05, 3.63) is 0 Å². The molecule has 5 atom stereocenters. The molecular weight excluding hydrogens is 218 g/mol. The highest BCUT2D eigenvalue weighted by atomic mass is 16.4. The minimum absolute atomic E-state index is 0.0969. The van der Waals surface area contributed by atoms with Crippen LogP contribution in [-0.4, -0.2) is 57.7 Å². The maximum atomic E-state index is 10.8. The van der Waals surface area contributed by atoms with Crippen molar-refractivity contribution >= 4 is 0 Å². The zero-order valence-electron chi connectivity index (χ0n) is 10.8. The summed E-state index contributed by atoms with van der Waals surface area (Å²) in [7, 11) is 2.11. The summed E-state index contributed by atoms with van der Waals surface area (Å²) < 4.78 is 0. The third-order valence-corrected chi connectivity index (χ3v) is 4.96. The normalized spacial score (nSPS) is 45.4. The average molecular weight is 243 g/mol. The smallest absolute Gasteiger partial charge is 0.106 e. The zero-order valence-corrected chi connectivity index (χ0v) is 10.8. The van der Waals surface area contributed by atoms with Gasteiger partial charge < -0.3 is 20.2 Å². The number of piperidine rings is 1. The van der Waals surface area contributed by atoms with E-state index in [1.165, 1.54) is 6.42 Å². The molecule has 5 unspecified atom stereocenters. The van der Waals surface area contributed by atoms with Gasteiger partial charge in [-0.3, -0.25) is 0 Å². The molecule has 0 amide bonds. The van der Waals surface area contributed by atoms with Gasteiger partial charge in [0.1, 0.15) is 6.10 Å². The molecule has 0 radical (unpaired) electrons. The largest absolute Gasteiger partial charge is 0.394 e. The molecule has 0 aromatic heterocycles. The van der Waals surface area contributed by atoms with Gasteiger partial charge in [0.15, 0.2) is 0 Å². The van der Waals surface area contributed by atoms with Crippen LogP contribution in [0.1, 0.15) is 39.0 Å². The second-order valence-corrected chi connectivity index (χ2v) is 5.87. The van der Waals surface area contributed by atoms with Crippen molar-refractivity contribution in [3.8, 4) is 0 Å². The maximum Gasteiger partial charge on any atom is 0.106 e. The molecule has 0 spiro atoms. The molecule has 2 rings (SSSR count). The number of aliphatic hydroxyl groups excluding tert-OH is 2. The fraction of sp³-hybridized carbons (Fsp3) is 1.00. The van der Waals surface area contributed by atoms with Crippen LogP contribution >= 0.6 is 0 Å². The van der Waals surface area contributed by atoms with E-state index >= 15 is 0 Å². The third-order valence-electron chi connectivity index (χ3n) is 4.96. The highest BCUT2D eigenvalue weighted by molar-refractivity contribution is 5.05. The second kappa shape index (κ2) is 4.84. The first-order chi connectivity index (χ1) is 8.00. The predicted molar refractivity (Wildman–Crippen MR) is 65.6 cm³/mol. The molecule has 2 fully saturated rings. The monoisotopic (exact) mass is 243 g/mol. The third kappa shape index (κ3) is 2.12. The van der Waals surface area contributed by atoms with Crippen molar-refractivity contribution in [1.29, 1.82) is 0 Å². The Bertz CT molecular complexity index is 273. The summed E-state index contributed by atoms with van der Waals surface area (Å²) in [6, 6.07) is 0.597. The van der Waals surface area contributed by atoms with Crippen LogP contribution in [0.4, 0.5) is 0 Å². The lowest BCUT2D eigenvalue weighted by atomic mass is 9.65. The van der Waals surface area contributed by atoms with Crippen LogP contribution in [0.25, 0.3) is 0 Å². The van der Waals surface area contributed by atoms with E-state index in [0.29, 0.717) is 12.5 Å². The van der Waals surface area contributed by atoms with Gasteiger partial charge in [0.2, 0.25) is 0 Å². The molecule has 1 saturated carbocycles. The number of fused-ring (bicyclic) bond motifs is 1. The van der Waals surface area contributed by atoms with E-state index in [9.17, 15) is 15.3 Å². The van der Waals surface area contributed by atoms with Crippen molar-refractivity contribution in [3.63, 3.8) is 0 Å². The van der Waals surface area contributed by atoms with Gasteiger partial charge in [0.25, 0.3) is 0 Å². The van der Waals surface area contributed by atoms with Gasteiger partial charge in [-0.05, 0) is 33.2 Å². The van der Waals surface area contributed by atoms with E-state index in [0.717, 1.165) is 19.3 Å². The molecule has 100 valence electrons. The van der Waals surface area contributed by atoms with Crippen LogP contribution in [0.5, 0.6) is 0 Å². The lowest BCUT2D eigenvalue weighted by Crippen LogP contribution is -2.65. The number of hydrogen-bond acceptors (Lipinski definition) is 4. The number of nitrogens with zero attached hydrogens (tertiary/aromatic N) is 1. The molecule has 4 heteroatoms. The van der Waals surface area contributed by atoms with Gasteiger partial charge in [-0.25, -0.2) is 0 Å². The van der Waals surface area contributed by atoms with E-state index in [1.807, 2.05) is 0 Å². The number of likely N-dealkylation sites (tertiary alicyclic amines) is 1. The summed E-state index contributed by atoms with van der Waals surface area (Å²) in [6.07, 6.45) is 3.89. The summed E-state index contributed by atoms with van der Waals surface area (Å²) in [6.45, 7) is 1.73. The molecule has 1 aliphatic heterocycles. The van der Waals surface area contributed by atoms with Gasteiger partial charge >= 0.3 is 0 Å². The number of aliphatic hydroxyl groups is 3. The Kier molecular flexibility index (Phi) is 3.78. The quantitative estimate of drug-likeness (QED) is 0.655. The standard InChI is InChI=1S/C13H25NO3/c1-9-7-13(17,12(16)8-15)10-5-3-4-6-11(10)14(9)2/h9-12,15-17H,3-8H2,1-2H3. The van der Waals surface area contributed by atoms with E-state index < -0.39 is 11.7 Å². The minimum atomic E-state index is -1.11. The fourth-order valence-corrected chi connectivity index (χ4v) is 3.82.